The minimum Gasteiger partial charge on any atom is -0.383 e. The van der Waals surface area contributed by atoms with Crippen molar-refractivity contribution in [2.45, 2.75) is 46.5 Å². The maximum Gasteiger partial charge on any atom is 0.501 e. The van der Waals surface area contributed by atoms with E-state index in [0.717, 1.165) is 36.4 Å². The molecule has 25 heteroatoms. The number of nitrogen functional groups attached to an aromatic ring is 2. The lowest BCUT2D eigenvalue weighted by Crippen LogP contribution is -2.24. The highest BCUT2D eigenvalue weighted by molar-refractivity contribution is 7.92. The van der Waals surface area contributed by atoms with Gasteiger partial charge in [-0.3, -0.25) is 4.79 Å². The summed E-state index contributed by atoms with van der Waals surface area (Å²) in [5.74, 6) is -2.75. The monoisotopic (exact) mass is 974 g/mol. The van der Waals surface area contributed by atoms with Gasteiger partial charge in [0, 0.05) is 44.3 Å². The summed E-state index contributed by atoms with van der Waals surface area (Å²) in [6, 6.07) is 18.1. The lowest BCUT2D eigenvalue weighted by molar-refractivity contribution is -0.120. The number of anilines is 2. The lowest BCUT2D eigenvalue weighted by Gasteiger charge is -2.22. The Kier molecular flexibility index (Phi) is 9.72. The summed E-state index contributed by atoms with van der Waals surface area (Å²) in [7, 11) is -11.6. The number of halogens is 6. The zero-order valence-corrected chi connectivity index (χ0v) is 36.5. The van der Waals surface area contributed by atoms with E-state index in [1.165, 1.54) is 33.9 Å². The Labute approximate surface area is 378 Å². The molecule has 8 N–H and O–H groups in total. The molecule has 2 unspecified atom stereocenters. The minimum absolute atomic E-state index is 0.00292. The van der Waals surface area contributed by atoms with Crippen LogP contribution in [0.2, 0.25) is 0 Å². The van der Waals surface area contributed by atoms with Gasteiger partial charge in [-0.2, -0.15) is 36.5 Å². The van der Waals surface area contributed by atoms with Crippen LogP contribution in [0.25, 0.3) is 55.2 Å². The SMILES string of the molecule is Cc1nc2ccc(-n3ncc(C(C(=O)C(c4cc5cc(S(=O)(=O)C(F)(F)F)ccc5[nH]4)c4cnn(-c5ccc6nc(C)[nH]c6c5)c4N)c4cc5cc(S(=O)(=O)C(F)(F)F)ccc5[nH]4)c3N)cc2[nH]1. The highest BCUT2D eigenvalue weighted by atomic mass is 32.2. The number of imidazole rings is 2. The van der Waals surface area contributed by atoms with E-state index in [-0.39, 0.29) is 56.0 Å². The molecule has 0 saturated carbocycles. The van der Waals surface area contributed by atoms with Gasteiger partial charge in [-0.15, -0.1) is 0 Å². The van der Waals surface area contributed by atoms with Crippen LogP contribution < -0.4 is 11.5 Å². The molecule has 4 aromatic carbocycles. The fourth-order valence-electron chi connectivity index (χ4n) is 8.40. The van der Waals surface area contributed by atoms with Crippen LogP contribution in [-0.2, 0) is 24.5 Å². The van der Waals surface area contributed by atoms with Crippen molar-refractivity contribution in [3.63, 3.8) is 0 Å². The normalized spacial score (nSPS) is 13.9. The Hall–Kier alpha value is -7.93. The quantitative estimate of drug-likeness (QED) is 0.0724. The van der Waals surface area contributed by atoms with Crippen LogP contribution in [0.4, 0.5) is 38.0 Å². The molecule has 0 fully saturated rings. The topological polar surface area (TPSA) is 262 Å². The third-order valence-corrected chi connectivity index (χ3v) is 14.6. The molecule has 0 aliphatic heterocycles. The number of aryl methyl sites for hydroxylation is 2. The molecule has 348 valence electrons. The van der Waals surface area contributed by atoms with Crippen LogP contribution >= 0.6 is 0 Å². The Balaban J connectivity index is 1.18. The third-order valence-electron chi connectivity index (χ3n) is 11.6. The van der Waals surface area contributed by atoms with Crippen molar-refractivity contribution in [3.05, 3.63) is 131 Å². The van der Waals surface area contributed by atoms with E-state index in [1.807, 2.05) is 0 Å². The number of carbonyl (C=O) groups is 1. The summed E-state index contributed by atoms with van der Waals surface area (Å²) in [6.45, 7) is 3.53. The number of alkyl halides is 6. The predicted molar refractivity (Wildman–Crippen MR) is 237 cm³/mol. The smallest absolute Gasteiger partial charge is 0.383 e. The fourth-order valence-corrected chi connectivity index (χ4v) is 10.00. The number of benzene rings is 4. The number of nitrogens with two attached hydrogens (primary N) is 2. The number of nitrogens with zero attached hydrogens (tertiary/aromatic N) is 6. The van der Waals surface area contributed by atoms with E-state index in [2.05, 4.69) is 40.1 Å². The summed E-state index contributed by atoms with van der Waals surface area (Å²) in [6.07, 6.45) is 2.60. The molecule has 0 aliphatic carbocycles. The second-order valence-corrected chi connectivity index (χ2v) is 19.8. The first-order chi connectivity index (χ1) is 32.0. The largest absolute Gasteiger partial charge is 0.501 e. The molecule has 17 nitrogen and oxygen atoms in total. The lowest BCUT2D eigenvalue weighted by atomic mass is 9.81. The summed E-state index contributed by atoms with van der Waals surface area (Å²) in [4.78, 5) is 35.0. The fraction of sp³-hybridized carbons (Fsp3) is 0.140. The zero-order valence-electron chi connectivity index (χ0n) is 34.9. The van der Waals surface area contributed by atoms with Crippen LogP contribution in [0.3, 0.4) is 0 Å². The van der Waals surface area contributed by atoms with Crippen molar-refractivity contribution in [3.8, 4) is 11.4 Å². The highest BCUT2D eigenvalue weighted by Crippen LogP contribution is 2.43. The molecule has 0 bridgehead atoms. The number of aromatic amines is 4. The summed E-state index contributed by atoms with van der Waals surface area (Å²) in [5.41, 5.74) is 6.24. The number of hydrogen-bond donors (Lipinski definition) is 6. The first-order valence-electron chi connectivity index (χ1n) is 20.0. The average Bonchev–Trinajstić information content (AvgIpc) is 4.13. The van der Waals surface area contributed by atoms with E-state index in [9.17, 15) is 43.2 Å². The van der Waals surface area contributed by atoms with E-state index in [1.54, 1.807) is 50.2 Å². The standard InChI is InChI=1S/C43H32F6N12O5S2/c1-19-54-31-7-3-23(15-33(31)56-19)60-40(50)27(17-52-60)37(35-13-21-11-25(5-9-29(21)58-35)67(63,64)42(44,45)46)39(62)38(36-14-22-12-26(6-10-30(22)59-36)68(65,66)43(47,48)49)28-18-53-61(41(28)51)24-4-8-32-34(16-24)57-20(2)55-32/h3-18,37-38,58-59H,50-51H2,1-2H3,(H,54,56)(H,55,57). The van der Waals surface area contributed by atoms with Crippen LogP contribution in [0.15, 0.2) is 107 Å². The summed E-state index contributed by atoms with van der Waals surface area (Å²) >= 11 is 0. The second kappa shape index (κ2) is 15.0. The minimum atomic E-state index is -5.81. The van der Waals surface area contributed by atoms with Gasteiger partial charge in [0.05, 0.1) is 67.5 Å². The maximum atomic E-state index is 15.9. The number of hydrogen-bond acceptors (Lipinski definition) is 11. The number of ketones is 1. The van der Waals surface area contributed by atoms with Gasteiger partial charge in [0.2, 0.25) is 0 Å². The molecule has 68 heavy (non-hydrogen) atoms. The third kappa shape index (κ3) is 7.03. The van der Waals surface area contributed by atoms with Crippen molar-refractivity contribution in [1.29, 1.82) is 0 Å². The number of carbonyl (C=O) groups excluding carboxylic acids is 1. The van der Waals surface area contributed by atoms with E-state index < -0.39 is 58.1 Å². The molecule has 0 radical (unpaired) electrons. The Bertz CT molecular complexity index is 3680. The number of sulfone groups is 2. The molecular formula is C43H32F6N12O5S2. The molecule has 0 amide bonds. The van der Waals surface area contributed by atoms with E-state index in [0.29, 0.717) is 45.1 Å². The molecule has 2 atom stereocenters. The number of rotatable bonds is 10. The van der Waals surface area contributed by atoms with Gasteiger partial charge >= 0.3 is 11.0 Å². The van der Waals surface area contributed by atoms with Gasteiger partial charge in [0.15, 0.2) is 5.78 Å². The number of H-pyrrole nitrogens is 4. The van der Waals surface area contributed by atoms with Crippen LogP contribution in [0, 0.1) is 13.8 Å². The Morgan fingerprint density at radius 2 is 0.956 bits per heavy atom. The average molecular weight is 975 g/mol. The van der Waals surface area contributed by atoms with Gasteiger partial charge in [-0.1, -0.05) is 0 Å². The van der Waals surface area contributed by atoms with Crippen LogP contribution in [0.5, 0.6) is 0 Å². The van der Waals surface area contributed by atoms with Gasteiger partial charge in [0.1, 0.15) is 23.3 Å². The van der Waals surface area contributed by atoms with Crippen molar-refractivity contribution in [2.24, 2.45) is 0 Å². The second-order valence-electron chi connectivity index (χ2n) is 16.0. The van der Waals surface area contributed by atoms with Crippen molar-refractivity contribution in [1.82, 2.24) is 49.5 Å². The molecule has 10 rings (SSSR count). The van der Waals surface area contributed by atoms with E-state index in [4.69, 9.17) is 11.5 Å². The van der Waals surface area contributed by atoms with Gasteiger partial charge < -0.3 is 31.4 Å². The van der Waals surface area contributed by atoms with Crippen LogP contribution in [-0.4, -0.2) is 83.1 Å². The van der Waals surface area contributed by atoms with E-state index >= 15 is 4.79 Å². The Morgan fingerprint density at radius 3 is 1.34 bits per heavy atom. The number of fused-ring (bicyclic) bond motifs is 4. The molecule has 6 heterocycles. The van der Waals surface area contributed by atoms with Gasteiger partial charge in [-0.05, 0) is 98.8 Å². The molecule has 0 saturated heterocycles. The van der Waals surface area contributed by atoms with Gasteiger partial charge in [0.25, 0.3) is 19.7 Å². The molecule has 0 spiro atoms. The van der Waals surface area contributed by atoms with Crippen LogP contribution in [0.1, 0.15) is 46.0 Å². The van der Waals surface area contributed by atoms with Crippen molar-refractivity contribution < 1.29 is 48.0 Å². The summed E-state index contributed by atoms with van der Waals surface area (Å²) < 4.78 is 135. The number of Topliss-reactive ketones (excluding diaryl/α,β-unsaturated/α-hetero) is 1. The molecule has 10 aromatic rings. The van der Waals surface area contributed by atoms with Crippen molar-refractivity contribution >= 4 is 81.0 Å². The predicted octanol–water partition coefficient (Wildman–Crippen LogP) is 7.67. The zero-order chi connectivity index (χ0) is 48.4. The molecular weight excluding hydrogens is 943 g/mol. The first-order valence-corrected chi connectivity index (χ1v) is 23.0. The summed E-state index contributed by atoms with van der Waals surface area (Å²) in [5, 5.41) is 8.96. The van der Waals surface area contributed by atoms with Gasteiger partial charge in [-0.25, -0.2) is 36.2 Å². The highest BCUT2D eigenvalue weighted by Gasteiger charge is 2.48. The number of nitrogens with one attached hydrogen (secondary N) is 4. The van der Waals surface area contributed by atoms with Crippen molar-refractivity contribution in [2.75, 3.05) is 11.5 Å². The molecule has 6 aromatic heterocycles. The Morgan fingerprint density at radius 1 is 0.559 bits per heavy atom. The molecule has 0 aliphatic rings. The number of aromatic nitrogens is 10. The maximum absolute atomic E-state index is 15.9. The first kappa shape index (κ1) is 43.9.